The third-order valence-corrected chi connectivity index (χ3v) is 7.22. The van der Waals surface area contributed by atoms with E-state index in [1.54, 1.807) is 23.3 Å². The van der Waals surface area contributed by atoms with Crippen LogP contribution in [0.25, 0.3) is 0 Å². The van der Waals surface area contributed by atoms with Gasteiger partial charge >= 0.3 is 0 Å². The second-order valence-corrected chi connectivity index (χ2v) is 9.61. The molecule has 1 unspecified atom stereocenters. The molecule has 1 aliphatic rings. The summed E-state index contributed by atoms with van der Waals surface area (Å²) in [7, 11) is 1.64. The van der Waals surface area contributed by atoms with Crippen molar-refractivity contribution in [2.75, 3.05) is 33.4 Å². The number of benzene rings is 2. The summed E-state index contributed by atoms with van der Waals surface area (Å²) in [5, 5.41) is 2.09. The summed E-state index contributed by atoms with van der Waals surface area (Å²) in [5.41, 5.74) is 3.22. The van der Waals surface area contributed by atoms with E-state index >= 15 is 0 Å². The Hall–Kier alpha value is -3.16. The Kier molecular flexibility index (Phi) is 8.55. The topological polar surface area (TPSA) is 59.1 Å². The molecular formula is C28H32N2O4S. The van der Waals surface area contributed by atoms with Crippen LogP contribution in [-0.2, 0) is 27.4 Å². The van der Waals surface area contributed by atoms with E-state index in [0.717, 1.165) is 29.7 Å². The van der Waals surface area contributed by atoms with Gasteiger partial charge in [-0.05, 0) is 53.1 Å². The lowest BCUT2D eigenvalue weighted by Crippen LogP contribution is -2.47. The number of nitrogens with zero attached hydrogens (tertiary/aromatic N) is 2. The van der Waals surface area contributed by atoms with Crippen molar-refractivity contribution < 1.29 is 19.1 Å². The number of rotatable bonds is 10. The lowest BCUT2D eigenvalue weighted by Gasteiger charge is -2.37. The number of fused-ring (bicyclic) bond motifs is 1. The molecule has 184 valence electrons. The predicted octanol–water partition coefficient (Wildman–Crippen LogP) is 4.69. The zero-order chi connectivity index (χ0) is 24.6. The van der Waals surface area contributed by atoms with Gasteiger partial charge in [-0.25, -0.2) is 0 Å². The fourth-order valence-electron chi connectivity index (χ4n) is 4.47. The summed E-state index contributed by atoms with van der Waals surface area (Å²) in [5.74, 6) is 0.570. The molecule has 2 amide bonds. The predicted molar refractivity (Wildman–Crippen MR) is 138 cm³/mol. The van der Waals surface area contributed by atoms with E-state index in [9.17, 15) is 9.59 Å². The number of thiophene rings is 1. The van der Waals surface area contributed by atoms with Crippen LogP contribution in [0.1, 0.15) is 41.0 Å². The van der Waals surface area contributed by atoms with Gasteiger partial charge in [-0.3, -0.25) is 9.59 Å². The van der Waals surface area contributed by atoms with Crippen molar-refractivity contribution in [3.05, 3.63) is 87.6 Å². The fraction of sp³-hybridized carbons (Fsp3) is 0.357. The van der Waals surface area contributed by atoms with Crippen LogP contribution in [0.3, 0.4) is 0 Å². The third kappa shape index (κ3) is 6.10. The number of hydrogen-bond donors (Lipinski definition) is 0. The van der Waals surface area contributed by atoms with Gasteiger partial charge in [-0.2, -0.15) is 0 Å². The summed E-state index contributed by atoms with van der Waals surface area (Å²) in [6.07, 6.45) is 1.60. The maximum atomic E-state index is 13.6. The van der Waals surface area contributed by atoms with Crippen molar-refractivity contribution in [1.82, 2.24) is 9.80 Å². The average molecular weight is 493 g/mol. The fourth-order valence-corrected chi connectivity index (χ4v) is 5.37. The van der Waals surface area contributed by atoms with E-state index in [0.29, 0.717) is 19.7 Å². The Morgan fingerprint density at radius 2 is 1.86 bits per heavy atom. The van der Waals surface area contributed by atoms with Crippen LogP contribution in [0.4, 0.5) is 0 Å². The summed E-state index contributed by atoms with van der Waals surface area (Å²) >= 11 is 1.74. The van der Waals surface area contributed by atoms with E-state index in [2.05, 4.69) is 11.4 Å². The summed E-state index contributed by atoms with van der Waals surface area (Å²) < 4.78 is 11.0. The Bertz CT molecular complexity index is 1110. The standard InChI is InChI=1S/C28H32N2O4S/c1-3-15-29(27(32)20-34-19-21-7-5-4-6-8-21)18-26(31)30-16-13-25-24(14-17-35-25)28(30)22-9-11-23(33-2)12-10-22/h4-12,14,17,28H,3,13,15-16,18-20H2,1-2H3. The molecule has 0 bridgehead atoms. The molecular weight excluding hydrogens is 460 g/mol. The molecule has 1 aromatic heterocycles. The van der Waals surface area contributed by atoms with Crippen molar-refractivity contribution in [2.45, 2.75) is 32.4 Å². The first-order valence-corrected chi connectivity index (χ1v) is 12.9. The van der Waals surface area contributed by atoms with Crippen LogP contribution >= 0.6 is 11.3 Å². The number of amides is 2. The highest BCUT2D eigenvalue weighted by molar-refractivity contribution is 7.10. The van der Waals surface area contributed by atoms with Gasteiger partial charge in [0.05, 0.1) is 26.3 Å². The van der Waals surface area contributed by atoms with Crippen molar-refractivity contribution in [1.29, 1.82) is 0 Å². The van der Waals surface area contributed by atoms with Crippen LogP contribution < -0.4 is 4.74 Å². The van der Waals surface area contributed by atoms with E-state index in [1.807, 2.05) is 66.4 Å². The molecule has 0 fully saturated rings. The number of ether oxygens (including phenoxy) is 2. The van der Waals surface area contributed by atoms with Crippen LogP contribution in [-0.4, -0.2) is 55.0 Å². The Morgan fingerprint density at radius 3 is 2.57 bits per heavy atom. The molecule has 6 nitrogen and oxygen atoms in total. The first-order valence-electron chi connectivity index (χ1n) is 12.0. The van der Waals surface area contributed by atoms with E-state index in [4.69, 9.17) is 9.47 Å². The zero-order valence-corrected chi connectivity index (χ0v) is 21.1. The van der Waals surface area contributed by atoms with Gasteiger partial charge in [-0.1, -0.05) is 49.4 Å². The van der Waals surface area contributed by atoms with Gasteiger partial charge in [0.1, 0.15) is 12.4 Å². The molecule has 0 radical (unpaired) electrons. The van der Waals surface area contributed by atoms with Crippen molar-refractivity contribution in [3.63, 3.8) is 0 Å². The maximum absolute atomic E-state index is 13.6. The van der Waals surface area contributed by atoms with Gasteiger partial charge in [0, 0.05) is 18.0 Å². The lowest BCUT2D eigenvalue weighted by atomic mass is 9.93. The van der Waals surface area contributed by atoms with Gasteiger partial charge in [-0.15, -0.1) is 11.3 Å². The molecule has 1 aliphatic heterocycles. The Morgan fingerprint density at radius 1 is 1.09 bits per heavy atom. The monoisotopic (exact) mass is 492 g/mol. The first-order chi connectivity index (χ1) is 17.1. The highest BCUT2D eigenvalue weighted by Gasteiger charge is 2.33. The van der Waals surface area contributed by atoms with Crippen molar-refractivity contribution in [3.8, 4) is 5.75 Å². The van der Waals surface area contributed by atoms with Crippen LogP contribution in [0.15, 0.2) is 66.0 Å². The molecule has 2 aromatic carbocycles. The van der Waals surface area contributed by atoms with E-state index < -0.39 is 0 Å². The maximum Gasteiger partial charge on any atom is 0.249 e. The minimum absolute atomic E-state index is 0.0429. The average Bonchev–Trinajstić information content (AvgIpc) is 3.37. The molecule has 0 saturated heterocycles. The molecule has 0 saturated carbocycles. The van der Waals surface area contributed by atoms with Gasteiger partial charge < -0.3 is 19.3 Å². The molecule has 0 N–H and O–H groups in total. The minimum atomic E-state index is -0.170. The largest absolute Gasteiger partial charge is 0.497 e. The van der Waals surface area contributed by atoms with Gasteiger partial charge in [0.2, 0.25) is 11.8 Å². The highest BCUT2D eigenvalue weighted by Crippen LogP contribution is 2.38. The molecule has 0 aliphatic carbocycles. The summed E-state index contributed by atoms with van der Waals surface area (Å²) in [4.78, 5) is 31.4. The molecule has 3 aromatic rings. The molecule has 7 heteroatoms. The van der Waals surface area contributed by atoms with Crippen LogP contribution in [0.2, 0.25) is 0 Å². The van der Waals surface area contributed by atoms with Gasteiger partial charge in [0.15, 0.2) is 0 Å². The zero-order valence-electron chi connectivity index (χ0n) is 20.3. The number of carbonyl (C=O) groups is 2. The summed E-state index contributed by atoms with van der Waals surface area (Å²) in [6, 6.07) is 19.6. The molecule has 2 heterocycles. The van der Waals surface area contributed by atoms with Crippen molar-refractivity contribution >= 4 is 23.2 Å². The number of methoxy groups -OCH3 is 1. The molecule has 35 heavy (non-hydrogen) atoms. The Balaban J connectivity index is 1.46. The SMILES string of the molecule is CCCN(CC(=O)N1CCc2sccc2C1c1ccc(OC)cc1)C(=O)COCc1ccccc1. The second-order valence-electron chi connectivity index (χ2n) is 8.61. The van der Waals surface area contributed by atoms with Crippen LogP contribution in [0.5, 0.6) is 5.75 Å². The van der Waals surface area contributed by atoms with E-state index in [-0.39, 0.29) is 31.0 Å². The van der Waals surface area contributed by atoms with Gasteiger partial charge in [0.25, 0.3) is 0 Å². The Labute approximate surface area is 211 Å². The molecule has 4 rings (SSSR count). The number of hydrogen-bond acceptors (Lipinski definition) is 5. The quantitative estimate of drug-likeness (QED) is 0.412. The lowest BCUT2D eigenvalue weighted by molar-refractivity contribution is -0.144. The second kappa shape index (κ2) is 12.0. The molecule has 1 atom stereocenters. The third-order valence-electron chi connectivity index (χ3n) is 6.23. The number of carbonyl (C=O) groups excluding carboxylic acids is 2. The smallest absolute Gasteiger partial charge is 0.249 e. The van der Waals surface area contributed by atoms with E-state index in [1.165, 1.54) is 10.4 Å². The minimum Gasteiger partial charge on any atom is -0.497 e. The van der Waals surface area contributed by atoms with Crippen LogP contribution in [0, 0.1) is 0 Å². The first kappa shape index (κ1) is 24.9. The normalized spacial score (nSPS) is 14.9. The molecule has 0 spiro atoms. The highest BCUT2D eigenvalue weighted by atomic mass is 32.1. The summed E-state index contributed by atoms with van der Waals surface area (Å²) in [6.45, 7) is 3.53. The van der Waals surface area contributed by atoms with Crippen molar-refractivity contribution in [2.24, 2.45) is 0 Å².